The summed E-state index contributed by atoms with van der Waals surface area (Å²) in [5, 5.41) is 3.23. The molecule has 0 amide bonds. The minimum atomic E-state index is 0.723. The van der Waals surface area contributed by atoms with E-state index >= 15 is 0 Å². The van der Waals surface area contributed by atoms with Crippen LogP contribution < -0.4 is 14.6 Å². The third-order valence-corrected chi connectivity index (χ3v) is 4.60. The molecule has 0 bridgehead atoms. The summed E-state index contributed by atoms with van der Waals surface area (Å²) in [4.78, 5) is 0. The molecule has 4 nitrogen and oxygen atoms in total. The lowest BCUT2D eigenvalue weighted by Crippen LogP contribution is -2.34. The molecule has 4 rings (SSSR count). The number of oxazole rings is 1. The van der Waals surface area contributed by atoms with E-state index in [9.17, 15) is 0 Å². The van der Waals surface area contributed by atoms with Gasteiger partial charge in [-0.1, -0.05) is 49.4 Å². The lowest BCUT2D eigenvalue weighted by molar-refractivity contribution is -0.674. The molecule has 0 atom stereocenters. The third-order valence-electron chi connectivity index (χ3n) is 4.60. The summed E-state index contributed by atoms with van der Waals surface area (Å²) >= 11 is 0. The second-order valence-corrected chi connectivity index (χ2v) is 6.30. The van der Waals surface area contributed by atoms with Gasteiger partial charge in [-0.05, 0) is 37.6 Å². The van der Waals surface area contributed by atoms with E-state index in [1.807, 2.05) is 60.7 Å². The van der Waals surface area contributed by atoms with E-state index in [-0.39, 0.29) is 0 Å². The zero-order valence-electron chi connectivity index (χ0n) is 15.6. The van der Waals surface area contributed by atoms with Crippen molar-refractivity contribution in [3.63, 3.8) is 0 Å². The summed E-state index contributed by atoms with van der Waals surface area (Å²) in [6.07, 6.45) is 10.8. The molecule has 1 aromatic heterocycles. The van der Waals surface area contributed by atoms with Crippen LogP contribution in [0.15, 0.2) is 77.1 Å². The second-order valence-electron chi connectivity index (χ2n) is 6.30. The van der Waals surface area contributed by atoms with Gasteiger partial charge in [-0.15, -0.1) is 0 Å². The number of anilines is 1. The topological polar surface area (TPSA) is 38.3 Å². The first-order chi connectivity index (χ1) is 13.3. The maximum absolute atomic E-state index is 6.04. The molecule has 2 aromatic carbocycles. The van der Waals surface area contributed by atoms with Gasteiger partial charge in [0.2, 0.25) is 5.58 Å². The molecule has 0 unspecified atom stereocenters. The summed E-state index contributed by atoms with van der Waals surface area (Å²) in [7, 11) is 0. The fraction of sp³-hybridized carbons (Fsp3) is 0.174. The summed E-state index contributed by atoms with van der Waals surface area (Å²) in [6.45, 7) is 5.18. The Labute approximate surface area is 159 Å². The van der Waals surface area contributed by atoms with Gasteiger partial charge in [0.1, 0.15) is 6.54 Å². The van der Waals surface area contributed by atoms with E-state index in [0.29, 0.717) is 0 Å². The zero-order valence-corrected chi connectivity index (χ0v) is 15.6. The molecule has 0 aliphatic carbocycles. The average molecular weight is 359 g/mol. The molecule has 0 saturated heterocycles. The monoisotopic (exact) mass is 359 g/mol. The fourth-order valence-electron chi connectivity index (χ4n) is 3.31. The van der Waals surface area contributed by atoms with E-state index in [4.69, 9.17) is 9.15 Å². The number of nitrogens with zero attached hydrogens (tertiary/aromatic N) is 1. The predicted molar refractivity (Wildman–Crippen MR) is 108 cm³/mol. The number of aryl methyl sites for hydroxylation is 2. The van der Waals surface area contributed by atoms with Gasteiger partial charge < -0.3 is 14.5 Å². The van der Waals surface area contributed by atoms with Crippen molar-refractivity contribution < 1.29 is 13.7 Å². The van der Waals surface area contributed by atoms with Crippen LogP contribution >= 0.6 is 0 Å². The number of hydrogen-bond donors (Lipinski definition) is 1. The Morgan fingerprint density at radius 3 is 2.70 bits per heavy atom. The van der Waals surface area contributed by atoms with Crippen LogP contribution in [0, 0.1) is 0 Å². The van der Waals surface area contributed by atoms with Crippen molar-refractivity contribution in [2.75, 3.05) is 5.32 Å². The Hall–Kier alpha value is -3.27. The minimum absolute atomic E-state index is 0.723. The highest BCUT2D eigenvalue weighted by atomic mass is 16.5. The van der Waals surface area contributed by atoms with E-state index < -0.39 is 0 Å². The number of benzene rings is 2. The molecule has 136 valence electrons. The molecule has 1 aliphatic rings. The summed E-state index contributed by atoms with van der Waals surface area (Å²) in [5.41, 5.74) is 4.42. The Kier molecular flexibility index (Phi) is 4.79. The first-order valence-corrected chi connectivity index (χ1v) is 9.33. The van der Waals surface area contributed by atoms with E-state index in [2.05, 4.69) is 35.9 Å². The first kappa shape index (κ1) is 17.2. The van der Waals surface area contributed by atoms with Crippen molar-refractivity contribution in [1.82, 2.24) is 0 Å². The molecule has 27 heavy (non-hydrogen) atoms. The molecule has 0 spiro atoms. The van der Waals surface area contributed by atoms with Gasteiger partial charge in [0.05, 0.1) is 11.8 Å². The lowest BCUT2D eigenvalue weighted by atomic mass is 10.1. The van der Waals surface area contributed by atoms with Gasteiger partial charge in [0.15, 0.2) is 11.6 Å². The maximum atomic E-state index is 6.04. The van der Waals surface area contributed by atoms with Crippen LogP contribution in [0.3, 0.4) is 0 Å². The van der Waals surface area contributed by atoms with E-state index in [1.165, 1.54) is 11.1 Å². The van der Waals surface area contributed by atoms with Crippen LogP contribution in [0.4, 0.5) is 5.69 Å². The lowest BCUT2D eigenvalue weighted by Gasteiger charge is -1.95. The molecule has 1 aliphatic heterocycles. The summed E-state index contributed by atoms with van der Waals surface area (Å²) in [5.74, 6) is 2.43. The SMILES string of the molecule is CCc1cccc2oc(C=CC=CC=C3Nc4ccccc4O3)[n+](CC)c12. The number of nitrogens with one attached hydrogen (secondary N) is 1. The molecule has 4 heteroatoms. The number of allylic oxidation sites excluding steroid dienone is 4. The highest BCUT2D eigenvalue weighted by molar-refractivity contribution is 5.74. The fourth-order valence-corrected chi connectivity index (χ4v) is 3.31. The van der Waals surface area contributed by atoms with Gasteiger partial charge in [-0.3, -0.25) is 0 Å². The second kappa shape index (κ2) is 7.54. The quantitative estimate of drug-likeness (QED) is 0.501. The Bertz CT molecular complexity index is 1030. The Balaban J connectivity index is 1.51. The Morgan fingerprint density at radius 1 is 1.00 bits per heavy atom. The normalized spacial score (nSPS) is 15.0. The number of aromatic nitrogens is 1. The molecular weight excluding hydrogens is 336 g/mol. The molecule has 0 saturated carbocycles. The molecule has 1 N–H and O–H groups in total. The molecule has 2 heterocycles. The van der Waals surface area contributed by atoms with Crippen LogP contribution in [0.25, 0.3) is 17.2 Å². The number of para-hydroxylation sites is 3. The van der Waals surface area contributed by atoms with Crippen LogP contribution in [0.1, 0.15) is 25.3 Å². The minimum Gasteiger partial charge on any atom is -0.439 e. The van der Waals surface area contributed by atoms with Crippen LogP contribution in [0.2, 0.25) is 0 Å². The van der Waals surface area contributed by atoms with Gasteiger partial charge in [0, 0.05) is 5.56 Å². The average Bonchev–Trinajstić information content (AvgIpc) is 3.27. The van der Waals surface area contributed by atoms with E-state index in [1.54, 1.807) is 0 Å². The van der Waals surface area contributed by atoms with Gasteiger partial charge in [-0.2, -0.15) is 4.57 Å². The smallest absolute Gasteiger partial charge is 0.374 e. The van der Waals surface area contributed by atoms with Crippen molar-refractivity contribution in [2.24, 2.45) is 0 Å². The first-order valence-electron chi connectivity index (χ1n) is 9.33. The highest BCUT2D eigenvalue weighted by Gasteiger charge is 2.21. The molecular formula is C23H23N2O2+. The van der Waals surface area contributed by atoms with E-state index in [0.717, 1.165) is 41.8 Å². The molecule has 0 fully saturated rings. The Morgan fingerprint density at radius 2 is 1.89 bits per heavy atom. The summed E-state index contributed by atoms with van der Waals surface area (Å²) in [6, 6.07) is 14.1. The van der Waals surface area contributed by atoms with Crippen molar-refractivity contribution in [3.8, 4) is 5.75 Å². The van der Waals surface area contributed by atoms with Crippen molar-refractivity contribution in [1.29, 1.82) is 0 Å². The largest absolute Gasteiger partial charge is 0.439 e. The number of ether oxygens (including phenoxy) is 1. The van der Waals surface area contributed by atoms with Crippen molar-refractivity contribution >= 4 is 22.9 Å². The van der Waals surface area contributed by atoms with Gasteiger partial charge in [-0.25, -0.2) is 0 Å². The number of rotatable bonds is 5. The van der Waals surface area contributed by atoms with Crippen molar-refractivity contribution in [3.05, 3.63) is 84.1 Å². The van der Waals surface area contributed by atoms with Crippen LogP contribution in [-0.4, -0.2) is 0 Å². The van der Waals surface area contributed by atoms with Crippen molar-refractivity contribution in [2.45, 2.75) is 26.8 Å². The maximum Gasteiger partial charge on any atom is 0.374 e. The van der Waals surface area contributed by atoms with Crippen LogP contribution in [0.5, 0.6) is 5.75 Å². The summed E-state index contributed by atoms with van der Waals surface area (Å²) < 4.78 is 14.0. The number of fused-ring (bicyclic) bond motifs is 2. The zero-order chi connectivity index (χ0) is 18.6. The molecule has 0 radical (unpaired) electrons. The highest BCUT2D eigenvalue weighted by Crippen LogP contribution is 2.32. The molecule has 3 aromatic rings. The standard InChI is InChI=1S/C23H22N2O2/c1-3-17-11-10-14-20-23(17)25(4-2)22(27-20)16-7-5-6-15-21-24-18-12-8-9-13-19(18)26-21/h5-16H,3-4H2,1-2H3/p+1. The third kappa shape index (κ3) is 3.38. The number of hydrogen-bond acceptors (Lipinski definition) is 3. The van der Waals surface area contributed by atoms with Gasteiger partial charge in [0.25, 0.3) is 5.52 Å². The van der Waals surface area contributed by atoms with Crippen LogP contribution in [-0.2, 0) is 13.0 Å². The van der Waals surface area contributed by atoms with Gasteiger partial charge >= 0.3 is 5.89 Å². The predicted octanol–water partition coefficient (Wildman–Crippen LogP) is 5.22.